The van der Waals surface area contributed by atoms with Gasteiger partial charge in [-0.15, -0.1) is 0 Å². The van der Waals surface area contributed by atoms with E-state index in [1.807, 2.05) is 0 Å². The smallest absolute Gasteiger partial charge is 0.293 e. The largest absolute Gasteiger partial charge is 0.490 e. The van der Waals surface area contributed by atoms with Crippen LogP contribution in [0.15, 0.2) is 35.3 Å². The lowest BCUT2D eigenvalue weighted by molar-refractivity contribution is -0.384. The zero-order valence-electron chi connectivity index (χ0n) is 9.41. The van der Waals surface area contributed by atoms with Crippen LogP contribution in [-0.2, 0) is 0 Å². The molecule has 0 unspecified atom stereocenters. The van der Waals surface area contributed by atoms with E-state index in [0.717, 1.165) is 0 Å². The van der Waals surface area contributed by atoms with Gasteiger partial charge in [-0.2, -0.15) is 0 Å². The second kappa shape index (κ2) is 4.66. The molecule has 92 valence electrons. The second-order valence-corrected chi connectivity index (χ2v) is 3.44. The van der Waals surface area contributed by atoms with Gasteiger partial charge in [0.1, 0.15) is 5.82 Å². The van der Waals surface area contributed by atoms with Crippen molar-refractivity contribution >= 4 is 5.69 Å². The number of nitro groups is 1. The van der Waals surface area contributed by atoms with Gasteiger partial charge in [0.15, 0.2) is 0 Å². The predicted molar refractivity (Wildman–Crippen MR) is 63.5 cm³/mol. The molecule has 2 rings (SSSR count). The SMILES string of the molecule is COc1cnc(-c2cccc([N+](=O)[O-])c2)[nH]c1=O. The molecule has 7 heteroatoms. The van der Waals surface area contributed by atoms with Crippen LogP contribution in [0.1, 0.15) is 0 Å². The van der Waals surface area contributed by atoms with Crippen molar-refractivity contribution in [2.45, 2.75) is 0 Å². The number of rotatable bonds is 3. The van der Waals surface area contributed by atoms with E-state index in [4.69, 9.17) is 4.74 Å². The van der Waals surface area contributed by atoms with Crippen LogP contribution in [0, 0.1) is 10.1 Å². The Morgan fingerprint density at radius 3 is 2.83 bits per heavy atom. The predicted octanol–water partition coefficient (Wildman–Crippen LogP) is 1.35. The molecule has 0 saturated carbocycles. The summed E-state index contributed by atoms with van der Waals surface area (Å²) in [6.07, 6.45) is 1.27. The summed E-state index contributed by atoms with van der Waals surface area (Å²) in [4.78, 5) is 28.1. The zero-order chi connectivity index (χ0) is 13.1. The van der Waals surface area contributed by atoms with Gasteiger partial charge in [-0.05, 0) is 0 Å². The Morgan fingerprint density at radius 1 is 1.44 bits per heavy atom. The van der Waals surface area contributed by atoms with Crippen LogP contribution in [0.4, 0.5) is 5.69 Å². The molecular weight excluding hydrogens is 238 g/mol. The van der Waals surface area contributed by atoms with Crippen molar-refractivity contribution in [3.8, 4) is 17.1 Å². The van der Waals surface area contributed by atoms with E-state index in [1.165, 1.54) is 31.5 Å². The number of hydrogen-bond donors (Lipinski definition) is 1. The Hall–Kier alpha value is -2.70. The van der Waals surface area contributed by atoms with Gasteiger partial charge in [-0.1, -0.05) is 12.1 Å². The molecule has 7 nitrogen and oxygen atoms in total. The van der Waals surface area contributed by atoms with Gasteiger partial charge in [-0.25, -0.2) is 4.98 Å². The molecule has 0 aliphatic carbocycles. The van der Waals surface area contributed by atoms with Crippen molar-refractivity contribution in [3.63, 3.8) is 0 Å². The fraction of sp³-hybridized carbons (Fsp3) is 0.0909. The van der Waals surface area contributed by atoms with Gasteiger partial charge in [0.05, 0.1) is 18.2 Å². The van der Waals surface area contributed by atoms with Crippen LogP contribution in [-0.4, -0.2) is 22.0 Å². The number of aromatic amines is 1. The molecule has 0 radical (unpaired) electrons. The molecule has 0 fully saturated rings. The van der Waals surface area contributed by atoms with E-state index >= 15 is 0 Å². The van der Waals surface area contributed by atoms with E-state index in [9.17, 15) is 14.9 Å². The fourth-order valence-corrected chi connectivity index (χ4v) is 1.44. The number of nitrogens with one attached hydrogen (secondary N) is 1. The number of aromatic nitrogens is 2. The van der Waals surface area contributed by atoms with Gasteiger partial charge in [0.25, 0.3) is 11.2 Å². The fourth-order valence-electron chi connectivity index (χ4n) is 1.44. The van der Waals surface area contributed by atoms with Crippen LogP contribution < -0.4 is 10.3 Å². The number of non-ortho nitro benzene ring substituents is 1. The number of nitrogens with zero attached hydrogens (tertiary/aromatic N) is 2. The lowest BCUT2D eigenvalue weighted by atomic mass is 10.2. The highest BCUT2D eigenvalue weighted by Gasteiger charge is 2.09. The lowest BCUT2D eigenvalue weighted by Crippen LogP contribution is -2.11. The lowest BCUT2D eigenvalue weighted by Gasteiger charge is -2.02. The number of nitro benzene ring substituents is 1. The maximum absolute atomic E-state index is 11.5. The van der Waals surface area contributed by atoms with Crippen molar-refractivity contribution in [2.75, 3.05) is 7.11 Å². The number of H-pyrrole nitrogens is 1. The first-order valence-corrected chi connectivity index (χ1v) is 5.00. The standard InChI is InChI=1S/C11H9N3O4/c1-18-9-6-12-10(13-11(9)15)7-3-2-4-8(5-7)14(16)17/h2-6H,1H3,(H,12,13,15). The Bertz CT molecular complexity index is 651. The molecule has 0 bridgehead atoms. The molecule has 0 amide bonds. The average molecular weight is 247 g/mol. The third-order valence-corrected chi connectivity index (χ3v) is 2.32. The quantitative estimate of drug-likeness (QED) is 0.652. The first kappa shape index (κ1) is 11.8. The van der Waals surface area contributed by atoms with E-state index in [2.05, 4.69) is 9.97 Å². The molecule has 0 saturated heterocycles. The highest BCUT2D eigenvalue weighted by molar-refractivity contribution is 5.58. The third kappa shape index (κ3) is 2.19. The van der Waals surface area contributed by atoms with Crippen LogP contribution in [0.2, 0.25) is 0 Å². The summed E-state index contributed by atoms with van der Waals surface area (Å²) in [5, 5.41) is 10.6. The average Bonchev–Trinajstić information content (AvgIpc) is 2.38. The topological polar surface area (TPSA) is 98.1 Å². The molecule has 1 aromatic carbocycles. The molecule has 0 aliphatic rings. The Labute approximate surface area is 101 Å². The molecule has 2 aromatic rings. The minimum Gasteiger partial charge on any atom is -0.490 e. The van der Waals surface area contributed by atoms with Gasteiger partial charge in [-0.3, -0.25) is 14.9 Å². The van der Waals surface area contributed by atoms with Gasteiger partial charge < -0.3 is 9.72 Å². The zero-order valence-corrected chi connectivity index (χ0v) is 9.41. The summed E-state index contributed by atoms with van der Waals surface area (Å²) in [5.74, 6) is 0.341. The summed E-state index contributed by atoms with van der Waals surface area (Å²) < 4.78 is 4.78. The third-order valence-electron chi connectivity index (χ3n) is 2.32. The molecule has 18 heavy (non-hydrogen) atoms. The first-order chi connectivity index (χ1) is 8.61. The van der Waals surface area contributed by atoms with Crippen molar-refractivity contribution in [2.24, 2.45) is 0 Å². The monoisotopic (exact) mass is 247 g/mol. The molecule has 1 N–H and O–H groups in total. The highest BCUT2D eigenvalue weighted by Crippen LogP contribution is 2.20. The molecule has 0 aliphatic heterocycles. The summed E-state index contributed by atoms with van der Waals surface area (Å²) in [6.45, 7) is 0. The van der Waals surface area contributed by atoms with Gasteiger partial charge >= 0.3 is 0 Å². The van der Waals surface area contributed by atoms with Crippen LogP contribution in [0.5, 0.6) is 5.75 Å². The minimum absolute atomic E-state index is 0.0639. The molecule has 1 aromatic heterocycles. The van der Waals surface area contributed by atoms with E-state index in [1.54, 1.807) is 6.07 Å². The van der Waals surface area contributed by atoms with Crippen molar-refractivity contribution < 1.29 is 9.66 Å². The maximum Gasteiger partial charge on any atom is 0.293 e. The highest BCUT2D eigenvalue weighted by atomic mass is 16.6. The number of benzene rings is 1. The number of ether oxygens (including phenoxy) is 1. The summed E-state index contributed by atoms with van der Waals surface area (Å²) in [5.41, 5.74) is -0.0380. The second-order valence-electron chi connectivity index (χ2n) is 3.44. The Kier molecular flexibility index (Phi) is 3.05. The van der Waals surface area contributed by atoms with Crippen molar-refractivity contribution in [1.29, 1.82) is 0 Å². The maximum atomic E-state index is 11.5. The number of hydrogen-bond acceptors (Lipinski definition) is 5. The summed E-state index contributed by atoms with van der Waals surface area (Å²) >= 11 is 0. The molecule has 0 spiro atoms. The Morgan fingerprint density at radius 2 is 2.22 bits per heavy atom. The molecule has 0 atom stereocenters. The van der Waals surface area contributed by atoms with Crippen molar-refractivity contribution in [1.82, 2.24) is 9.97 Å². The van der Waals surface area contributed by atoms with E-state index < -0.39 is 10.5 Å². The van der Waals surface area contributed by atoms with Crippen molar-refractivity contribution in [3.05, 3.63) is 50.9 Å². The molecular formula is C11H9N3O4. The van der Waals surface area contributed by atoms with E-state index in [0.29, 0.717) is 5.56 Å². The minimum atomic E-state index is -0.509. The summed E-state index contributed by atoms with van der Waals surface area (Å²) in [6, 6.07) is 5.85. The van der Waals surface area contributed by atoms with Crippen LogP contribution in [0.25, 0.3) is 11.4 Å². The Balaban J connectivity index is 2.49. The normalized spacial score (nSPS) is 10.1. The van der Waals surface area contributed by atoms with Gasteiger partial charge in [0.2, 0.25) is 5.75 Å². The van der Waals surface area contributed by atoms with Crippen LogP contribution in [0.3, 0.4) is 0 Å². The summed E-state index contributed by atoms with van der Waals surface area (Å²) in [7, 11) is 1.36. The number of methoxy groups -OCH3 is 1. The van der Waals surface area contributed by atoms with Crippen LogP contribution >= 0.6 is 0 Å². The first-order valence-electron chi connectivity index (χ1n) is 5.00. The van der Waals surface area contributed by atoms with Gasteiger partial charge in [0, 0.05) is 17.7 Å². The molecule has 1 heterocycles. The van der Waals surface area contributed by atoms with E-state index in [-0.39, 0.29) is 17.3 Å².